The number of nitrogens with zero attached hydrogens (tertiary/aromatic N) is 1. The van der Waals surface area contributed by atoms with E-state index < -0.39 is 5.97 Å². The highest BCUT2D eigenvalue weighted by atomic mass is 16.5. The van der Waals surface area contributed by atoms with Crippen LogP contribution in [0.4, 0.5) is 0 Å². The molecule has 1 fully saturated rings. The minimum absolute atomic E-state index is 0.213. The topological polar surface area (TPSA) is 49.8 Å². The zero-order valence-corrected chi connectivity index (χ0v) is 13.5. The standard InChI is InChI=1S/C19H21NO3/c1-13(2)3-4-14-5-6-16-7-15(12-23-18(16)8-14)9-20-10-17(11-20)19(21)22/h5-8,13,17H,9-12H2,1-2H3,(H,21,22). The van der Waals surface area contributed by atoms with Crippen LogP contribution in [0, 0.1) is 23.7 Å². The second-order valence-electron chi connectivity index (χ2n) is 6.50. The van der Waals surface area contributed by atoms with E-state index in [0.717, 1.165) is 23.4 Å². The zero-order chi connectivity index (χ0) is 16.4. The van der Waals surface area contributed by atoms with E-state index in [1.807, 2.05) is 18.2 Å². The maximum atomic E-state index is 10.8. The van der Waals surface area contributed by atoms with Crippen LogP contribution in [-0.2, 0) is 4.79 Å². The van der Waals surface area contributed by atoms with Crippen molar-refractivity contribution in [3.63, 3.8) is 0 Å². The number of hydrogen-bond donors (Lipinski definition) is 1. The van der Waals surface area contributed by atoms with Crippen molar-refractivity contribution in [3.8, 4) is 17.6 Å². The summed E-state index contributed by atoms with van der Waals surface area (Å²) in [5.74, 6) is 6.62. The number of carboxylic acids is 1. The minimum Gasteiger partial charge on any atom is -0.489 e. The summed E-state index contributed by atoms with van der Waals surface area (Å²) in [7, 11) is 0. The van der Waals surface area contributed by atoms with E-state index in [0.29, 0.717) is 25.6 Å². The molecule has 0 atom stereocenters. The van der Waals surface area contributed by atoms with Crippen molar-refractivity contribution in [2.24, 2.45) is 11.8 Å². The first-order chi connectivity index (χ1) is 11.0. The Kier molecular flexibility index (Phi) is 4.40. The van der Waals surface area contributed by atoms with Crippen molar-refractivity contribution >= 4 is 12.0 Å². The Balaban J connectivity index is 1.65. The number of carbonyl (C=O) groups is 1. The van der Waals surface area contributed by atoms with Gasteiger partial charge in [0.15, 0.2) is 0 Å². The molecule has 2 aliphatic heterocycles. The highest BCUT2D eigenvalue weighted by molar-refractivity contribution is 5.71. The average Bonchev–Trinajstić information content (AvgIpc) is 2.47. The molecule has 0 bridgehead atoms. The first-order valence-corrected chi connectivity index (χ1v) is 7.94. The molecule has 1 saturated heterocycles. The highest BCUT2D eigenvalue weighted by Gasteiger charge is 2.32. The Bertz CT molecular complexity index is 703. The van der Waals surface area contributed by atoms with Gasteiger partial charge in [0.25, 0.3) is 0 Å². The molecule has 0 amide bonds. The quantitative estimate of drug-likeness (QED) is 0.871. The molecule has 3 rings (SSSR count). The van der Waals surface area contributed by atoms with Gasteiger partial charge in [0.05, 0.1) is 5.92 Å². The maximum absolute atomic E-state index is 10.8. The number of rotatable bonds is 3. The molecule has 1 N–H and O–H groups in total. The number of fused-ring (bicyclic) bond motifs is 1. The Morgan fingerprint density at radius 1 is 1.43 bits per heavy atom. The molecule has 0 radical (unpaired) electrons. The number of hydrogen-bond acceptors (Lipinski definition) is 3. The average molecular weight is 311 g/mol. The number of ether oxygens (including phenoxy) is 1. The summed E-state index contributed by atoms with van der Waals surface area (Å²) in [5, 5.41) is 8.91. The van der Waals surface area contributed by atoms with Gasteiger partial charge in [0, 0.05) is 36.7 Å². The van der Waals surface area contributed by atoms with Crippen LogP contribution in [0.3, 0.4) is 0 Å². The second-order valence-corrected chi connectivity index (χ2v) is 6.50. The lowest BCUT2D eigenvalue weighted by molar-refractivity contribution is -0.147. The molecule has 1 aromatic rings. The molecular weight excluding hydrogens is 290 g/mol. The molecule has 0 aromatic heterocycles. The largest absolute Gasteiger partial charge is 0.489 e. The van der Waals surface area contributed by atoms with Gasteiger partial charge in [-0.3, -0.25) is 9.69 Å². The van der Waals surface area contributed by atoms with Crippen molar-refractivity contribution in [2.45, 2.75) is 13.8 Å². The molecule has 0 saturated carbocycles. The third-order valence-corrected chi connectivity index (χ3v) is 4.02. The van der Waals surface area contributed by atoms with Crippen molar-refractivity contribution < 1.29 is 14.6 Å². The van der Waals surface area contributed by atoms with Gasteiger partial charge in [-0.1, -0.05) is 31.8 Å². The third kappa shape index (κ3) is 3.75. The van der Waals surface area contributed by atoms with E-state index in [1.165, 1.54) is 5.57 Å². The van der Waals surface area contributed by atoms with Crippen LogP contribution in [-0.4, -0.2) is 42.2 Å². The Hall–Kier alpha value is -2.25. The Morgan fingerprint density at radius 3 is 2.91 bits per heavy atom. The van der Waals surface area contributed by atoms with Gasteiger partial charge in [0.2, 0.25) is 0 Å². The van der Waals surface area contributed by atoms with Crippen LogP contribution in [0.5, 0.6) is 5.75 Å². The number of carboxylic acid groups (broad SMARTS) is 1. The molecule has 2 heterocycles. The highest BCUT2D eigenvalue weighted by Crippen LogP contribution is 2.28. The molecule has 4 nitrogen and oxygen atoms in total. The van der Waals surface area contributed by atoms with Crippen molar-refractivity contribution in [2.75, 3.05) is 26.2 Å². The third-order valence-electron chi connectivity index (χ3n) is 4.02. The molecular formula is C19H21NO3. The van der Waals surface area contributed by atoms with E-state index in [4.69, 9.17) is 9.84 Å². The van der Waals surface area contributed by atoms with Gasteiger partial charge in [-0.05, 0) is 23.8 Å². The van der Waals surface area contributed by atoms with E-state index in [-0.39, 0.29) is 5.92 Å². The predicted molar refractivity (Wildman–Crippen MR) is 89.2 cm³/mol. The molecule has 23 heavy (non-hydrogen) atoms. The summed E-state index contributed by atoms with van der Waals surface area (Å²) in [6.45, 7) is 6.73. The minimum atomic E-state index is -0.699. The molecule has 120 valence electrons. The van der Waals surface area contributed by atoms with Crippen LogP contribution in [0.1, 0.15) is 25.0 Å². The van der Waals surface area contributed by atoms with Gasteiger partial charge >= 0.3 is 5.97 Å². The van der Waals surface area contributed by atoms with E-state index >= 15 is 0 Å². The van der Waals surface area contributed by atoms with Crippen molar-refractivity contribution in [1.29, 1.82) is 0 Å². The van der Waals surface area contributed by atoms with E-state index in [2.05, 4.69) is 36.7 Å². The summed E-state index contributed by atoms with van der Waals surface area (Å²) in [5.41, 5.74) is 3.22. The lowest BCUT2D eigenvalue weighted by atomic mass is 9.98. The van der Waals surface area contributed by atoms with E-state index in [9.17, 15) is 4.79 Å². The van der Waals surface area contributed by atoms with Crippen molar-refractivity contribution in [3.05, 3.63) is 34.9 Å². The molecule has 1 aromatic carbocycles. The fourth-order valence-corrected chi connectivity index (χ4v) is 2.75. The summed E-state index contributed by atoms with van der Waals surface area (Å²) in [4.78, 5) is 13.0. The molecule has 2 aliphatic rings. The van der Waals surface area contributed by atoms with Crippen LogP contribution in [0.2, 0.25) is 0 Å². The van der Waals surface area contributed by atoms with E-state index in [1.54, 1.807) is 0 Å². The first-order valence-electron chi connectivity index (χ1n) is 7.94. The fourth-order valence-electron chi connectivity index (χ4n) is 2.75. The normalized spacial score (nSPS) is 17.4. The fraction of sp³-hybridized carbons (Fsp3) is 0.421. The number of benzene rings is 1. The van der Waals surface area contributed by atoms with Gasteiger partial charge in [-0.2, -0.15) is 0 Å². The first kappa shape index (κ1) is 15.6. The SMILES string of the molecule is CC(C)C#Cc1ccc2c(c1)OCC(CN1CC(C(=O)O)C1)=C2. The molecule has 0 unspecified atom stereocenters. The van der Waals surface area contributed by atoms with Gasteiger partial charge in [0.1, 0.15) is 12.4 Å². The van der Waals surface area contributed by atoms with Crippen LogP contribution in [0.15, 0.2) is 23.8 Å². The van der Waals surface area contributed by atoms with Gasteiger partial charge in [-0.15, -0.1) is 0 Å². The molecule has 0 spiro atoms. The summed E-state index contributed by atoms with van der Waals surface area (Å²) in [6, 6.07) is 6.04. The molecule has 4 heteroatoms. The smallest absolute Gasteiger partial charge is 0.309 e. The van der Waals surface area contributed by atoms with Crippen LogP contribution < -0.4 is 4.74 Å². The summed E-state index contributed by atoms with van der Waals surface area (Å²) >= 11 is 0. The predicted octanol–water partition coefficient (Wildman–Crippen LogP) is 2.49. The zero-order valence-electron chi connectivity index (χ0n) is 13.5. The number of likely N-dealkylation sites (tertiary alicyclic amines) is 1. The van der Waals surface area contributed by atoms with Crippen LogP contribution in [0.25, 0.3) is 6.08 Å². The number of aliphatic carboxylic acids is 1. The van der Waals surface area contributed by atoms with Crippen molar-refractivity contribution in [1.82, 2.24) is 4.90 Å². The molecule has 0 aliphatic carbocycles. The van der Waals surface area contributed by atoms with Gasteiger partial charge < -0.3 is 9.84 Å². The lowest BCUT2D eigenvalue weighted by Crippen LogP contribution is -2.51. The van der Waals surface area contributed by atoms with Crippen LogP contribution >= 0.6 is 0 Å². The lowest BCUT2D eigenvalue weighted by Gasteiger charge is -2.37. The second kappa shape index (κ2) is 6.47. The Morgan fingerprint density at radius 2 is 2.22 bits per heavy atom. The summed E-state index contributed by atoms with van der Waals surface area (Å²) < 4.78 is 5.85. The monoisotopic (exact) mass is 311 g/mol. The van der Waals surface area contributed by atoms with Gasteiger partial charge in [-0.25, -0.2) is 0 Å². The maximum Gasteiger partial charge on any atom is 0.309 e. The summed E-state index contributed by atoms with van der Waals surface area (Å²) in [6.07, 6.45) is 2.15. The Labute approximate surface area is 136 Å².